The molecule has 2 fully saturated rings. The zero-order valence-electron chi connectivity index (χ0n) is 13.7. The molecule has 22 heavy (non-hydrogen) atoms. The summed E-state index contributed by atoms with van der Waals surface area (Å²) in [5, 5.41) is 3.26. The molecule has 1 saturated carbocycles. The predicted octanol–water partition coefficient (Wildman–Crippen LogP) is 2.95. The lowest BCUT2D eigenvalue weighted by molar-refractivity contribution is -0.140. The van der Waals surface area contributed by atoms with Crippen LogP contribution >= 0.6 is 0 Å². The van der Waals surface area contributed by atoms with Gasteiger partial charge in [0.05, 0.1) is 13.7 Å². The largest absolute Gasteiger partial charge is 0.493 e. The van der Waals surface area contributed by atoms with Crippen molar-refractivity contribution in [2.75, 3.05) is 26.8 Å². The smallest absolute Gasteiger partial charge is 0.305 e. The van der Waals surface area contributed by atoms with Crippen molar-refractivity contribution in [1.29, 1.82) is 0 Å². The van der Waals surface area contributed by atoms with Gasteiger partial charge in [-0.3, -0.25) is 4.79 Å². The van der Waals surface area contributed by atoms with E-state index < -0.39 is 0 Å². The molecule has 0 aromatic heterocycles. The van der Waals surface area contributed by atoms with Crippen LogP contribution in [0.1, 0.15) is 38.2 Å². The summed E-state index contributed by atoms with van der Waals surface area (Å²) in [6.07, 6.45) is 5.59. The minimum Gasteiger partial charge on any atom is -0.493 e. The molecule has 4 nitrogen and oxygen atoms in total. The third-order valence-corrected chi connectivity index (χ3v) is 3.79. The second-order valence-corrected chi connectivity index (χ2v) is 6.49. The first-order valence-electron chi connectivity index (χ1n) is 8.11. The fourth-order valence-electron chi connectivity index (χ4n) is 2.05. The summed E-state index contributed by atoms with van der Waals surface area (Å²) in [4.78, 5) is 11.1. The van der Waals surface area contributed by atoms with Crippen LogP contribution in [-0.4, -0.2) is 32.8 Å². The molecule has 1 aromatic carbocycles. The first-order chi connectivity index (χ1) is 10.6. The molecule has 122 valence electrons. The summed E-state index contributed by atoms with van der Waals surface area (Å²) in [7, 11) is 1.41. The van der Waals surface area contributed by atoms with Crippen LogP contribution in [0.4, 0.5) is 0 Å². The first-order valence-corrected chi connectivity index (χ1v) is 8.11. The Morgan fingerprint density at radius 2 is 2.00 bits per heavy atom. The molecule has 0 unspecified atom stereocenters. The Labute approximate surface area is 133 Å². The molecular formula is C18H27NO3. The molecule has 3 rings (SSSR count). The van der Waals surface area contributed by atoms with Gasteiger partial charge in [0.15, 0.2) is 0 Å². The van der Waals surface area contributed by atoms with Crippen molar-refractivity contribution in [3.8, 4) is 5.75 Å². The molecule has 1 aliphatic carbocycles. The number of carbonyl (C=O) groups excluding carboxylic acids is 1. The minimum absolute atomic E-state index is 0.181. The lowest BCUT2D eigenvalue weighted by Crippen LogP contribution is -2.54. The van der Waals surface area contributed by atoms with Gasteiger partial charge in [-0.2, -0.15) is 0 Å². The predicted molar refractivity (Wildman–Crippen MR) is 87.1 cm³/mol. The number of ether oxygens (including phenoxy) is 2. The summed E-state index contributed by atoms with van der Waals surface area (Å²) in [5.41, 5.74) is 1.35. The maximum absolute atomic E-state index is 11.1. The molecule has 0 spiro atoms. The molecule has 0 radical (unpaired) electrons. The van der Waals surface area contributed by atoms with Crippen molar-refractivity contribution < 1.29 is 14.3 Å². The number of methoxy groups -OCH3 is 1. The molecule has 1 saturated heterocycles. The quantitative estimate of drug-likeness (QED) is 0.821. The van der Waals surface area contributed by atoms with Crippen LogP contribution < -0.4 is 10.1 Å². The number of hydrogen-bond acceptors (Lipinski definition) is 4. The molecule has 0 bridgehead atoms. The average Bonchev–Trinajstić information content (AvgIpc) is 3.38. The number of benzene rings is 1. The van der Waals surface area contributed by atoms with Crippen LogP contribution in [0.25, 0.3) is 0 Å². The Bertz CT molecular complexity index is 478. The van der Waals surface area contributed by atoms with Crippen LogP contribution in [0.5, 0.6) is 5.75 Å². The fraction of sp³-hybridized carbons (Fsp3) is 0.611. The molecule has 4 heteroatoms. The van der Waals surface area contributed by atoms with Gasteiger partial charge in [-0.15, -0.1) is 0 Å². The Morgan fingerprint density at radius 3 is 2.55 bits per heavy atom. The zero-order valence-corrected chi connectivity index (χ0v) is 13.7. The number of carbonyl (C=O) groups is 1. The topological polar surface area (TPSA) is 47.6 Å². The van der Waals surface area contributed by atoms with Crippen molar-refractivity contribution in [1.82, 2.24) is 5.32 Å². The van der Waals surface area contributed by atoms with Crippen molar-refractivity contribution in [3.63, 3.8) is 0 Å². The van der Waals surface area contributed by atoms with E-state index in [0.717, 1.165) is 31.0 Å². The number of esters is 1. The minimum atomic E-state index is -0.181. The number of rotatable bonds is 6. The fourth-order valence-corrected chi connectivity index (χ4v) is 2.05. The standard InChI is InChI=1S/C15H21NO3.C3H6/c1-15(9-16-10-15)11-19-13-5-3-4-12(8-13)6-7-14(17)18-2;1-2-3-1/h3-5,8,16H,6-7,9-11H2,1-2H3;1-3H2. The van der Waals surface area contributed by atoms with Crippen LogP contribution in [-0.2, 0) is 16.0 Å². The molecule has 0 atom stereocenters. The third-order valence-electron chi connectivity index (χ3n) is 3.79. The number of aryl methyl sites for hydroxylation is 1. The third kappa shape index (κ3) is 6.06. The summed E-state index contributed by atoms with van der Waals surface area (Å²) in [5.74, 6) is 0.690. The van der Waals surface area contributed by atoms with Gasteiger partial charge >= 0.3 is 5.97 Å². The van der Waals surface area contributed by atoms with Gasteiger partial charge < -0.3 is 14.8 Å². The van der Waals surface area contributed by atoms with Crippen molar-refractivity contribution in [2.45, 2.75) is 39.0 Å². The van der Waals surface area contributed by atoms with Gasteiger partial charge in [-0.05, 0) is 24.1 Å². The van der Waals surface area contributed by atoms with E-state index >= 15 is 0 Å². The molecule has 2 aliphatic rings. The SMILES string of the molecule is C1CC1.COC(=O)CCc1cccc(OCC2(C)CNC2)c1. The lowest BCUT2D eigenvalue weighted by atomic mass is 9.85. The number of hydrogen-bond donors (Lipinski definition) is 1. The van der Waals surface area contributed by atoms with Gasteiger partial charge in [0.25, 0.3) is 0 Å². The molecular weight excluding hydrogens is 278 g/mol. The maximum Gasteiger partial charge on any atom is 0.305 e. The Morgan fingerprint density at radius 1 is 1.27 bits per heavy atom. The van der Waals surface area contributed by atoms with Crippen LogP contribution in [0.2, 0.25) is 0 Å². The molecule has 1 N–H and O–H groups in total. The van der Waals surface area contributed by atoms with Crippen molar-refractivity contribution in [3.05, 3.63) is 29.8 Å². The zero-order chi connectivity index (χ0) is 15.8. The van der Waals surface area contributed by atoms with E-state index in [0.29, 0.717) is 12.8 Å². The van der Waals surface area contributed by atoms with Gasteiger partial charge in [0.1, 0.15) is 5.75 Å². The Hall–Kier alpha value is -1.55. The molecule has 1 aromatic rings. The first kappa shape index (κ1) is 16.8. The highest BCUT2D eigenvalue weighted by molar-refractivity contribution is 5.69. The summed E-state index contributed by atoms with van der Waals surface area (Å²) < 4.78 is 10.5. The summed E-state index contributed by atoms with van der Waals surface area (Å²) in [6.45, 7) is 4.95. The Balaban J connectivity index is 0.000000523. The Kier molecular flexibility index (Phi) is 6.25. The van der Waals surface area contributed by atoms with E-state index in [1.54, 1.807) is 0 Å². The van der Waals surface area contributed by atoms with Gasteiger partial charge in [0, 0.05) is 24.9 Å². The van der Waals surface area contributed by atoms with Crippen molar-refractivity contribution >= 4 is 5.97 Å². The van der Waals surface area contributed by atoms with Crippen molar-refractivity contribution in [2.24, 2.45) is 5.41 Å². The van der Waals surface area contributed by atoms with Gasteiger partial charge in [0.2, 0.25) is 0 Å². The van der Waals surface area contributed by atoms with Gasteiger partial charge in [-0.25, -0.2) is 0 Å². The normalized spacial score (nSPS) is 17.5. The van der Waals surface area contributed by atoms with Gasteiger partial charge in [-0.1, -0.05) is 38.3 Å². The monoisotopic (exact) mass is 305 g/mol. The van der Waals surface area contributed by atoms with Crippen LogP contribution in [0, 0.1) is 5.41 Å². The molecule has 1 aliphatic heterocycles. The van der Waals surface area contributed by atoms with E-state index in [2.05, 4.69) is 17.0 Å². The summed E-state index contributed by atoms with van der Waals surface area (Å²) >= 11 is 0. The second kappa shape index (κ2) is 8.18. The highest BCUT2D eigenvalue weighted by Gasteiger charge is 2.32. The average molecular weight is 305 g/mol. The highest BCUT2D eigenvalue weighted by atomic mass is 16.5. The van der Waals surface area contributed by atoms with E-state index in [1.807, 2.05) is 24.3 Å². The highest BCUT2D eigenvalue weighted by Crippen LogP contribution is 2.23. The van der Waals surface area contributed by atoms with E-state index in [-0.39, 0.29) is 11.4 Å². The molecule has 1 heterocycles. The van der Waals surface area contributed by atoms with E-state index in [9.17, 15) is 4.79 Å². The second-order valence-electron chi connectivity index (χ2n) is 6.49. The maximum atomic E-state index is 11.1. The van der Waals surface area contributed by atoms with E-state index in [1.165, 1.54) is 26.4 Å². The van der Waals surface area contributed by atoms with Crippen LogP contribution in [0.3, 0.4) is 0 Å². The van der Waals surface area contributed by atoms with E-state index in [4.69, 9.17) is 4.74 Å². The number of nitrogens with one attached hydrogen (secondary N) is 1. The molecule has 0 amide bonds. The summed E-state index contributed by atoms with van der Waals surface area (Å²) in [6, 6.07) is 7.92. The lowest BCUT2D eigenvalue weighted by Gasteiger charge is -2.38. The van der Waals surface area contributed by atoms with Crippen LogP contribution in [0.15, 0.2) is 24.3 Å².